The Hall–Kier alpha value is -0.570. The van der Waals surface area contributed by atoms with Crippen LogP contribution in [0.4, 0.5) is 0 Å². The fraction of sp³-hybridized carbons (Fsp3) is 0.857. The van der Waals surface area contributed by atoms with E-state index in [0.717, 1.165) is 0 Å². The summed E-state index contributed by atoms with van der Waals surface area (Å²) in [4.78, 5) is 10.2. The summed E-state index contributed by atoms with van der Waals surface area (Å²) in [6.45, 7) is 5.27. The van der Waals surface area contributed by atoms with Crippen LogP contribution in [0.3, 0.4) is 0 Å². The van der Waals surface area contributed by atoms with E-state index in [9.17, 15) is 4.79 Å². The van der Waals surface area contributed by atoms with Crippen LogP contribution in [0.2, 0.25) is 0 Å². The van der Waals surface area contributed by atoms with Gasteiger partial charge in [-0.3, -0.25) is 4.79 Å². The predicted molar refractivity (Wildman–Crippen MR) is 39.5 cm³/mol. The Kier molecular flexibility index (Phi) is 4.94. The monoisotopic (exact) mass is 145 g/mol. The molecule has 0 aromatic heterocycles. The standard InChI is InChI=1S/C7H15NO2/c1-6(2)5-10-4-3-7(8)9/h6H,3-5H2,1-2H3,(H2,8,9). The van der Waals surface area contributed by atoms with Crippen molar-refractivity contribution in [1.82, 2.24) is 0 Å². The average molecular weight is 145 g/mol. The number of amides is 1. The number of carbonyl (C=O) groups is 1. The molecule has 0 saturated carbocycles. The summed E-state index contributed by atoms with van der Waals surface area (Å²) in [7, 11) is 0. The average Bonchev–Trinajstić information content (AvgIpc) is 1.79. The summed E-state index contributed by atoms with van der Waals surface area (Å²) in [6, 6.07) is 0. The van der Waals surface area contributed by atoms with E-state index in [2.05, 4.69) is 13.8 Å². The number of carbonyl (C=O) groups excluding carboxylic acids is 1. The van der Waals surface area contributed by atoms with Crippen LogP contribution in [-0.4, -0.2) is 19.1 Å². The normalized spacial score (nSPS) is 10.3. The Morgan fingerprint density at radius 1 is 1.60 bits per heavy atom. The van der Waals surface area contributed by atoms with E-state index in [1.807, 2.05) is 0 Å². The third-order valence-electron chi connectivity index (χ3n) is 0.944. The zero-order valence-electron chi connectivity index (χ0n) is 6.59. The van der Waals surface area contributed by atoms with Gasteiger partial charge in [-0.25, -0.2) is 0 Å². The Morgan fingerprint density at radius 3 is 2.60 bits per heavy atom. The summed E-state index contributed by atoms with van der Waals surface area (Å²) in [5.41, 5.74) is 4.89. The van der Waals surface area contributed by atoms with Gasteiger partial charge < -0.3 is 10.5 Å². The van der Waals surface area contributed by atoms with Gasteiger partial charge >= 0.3 is 0 Å². The molecule has 10 heavy (non-hydrogen) atoms. The van der Waals surface area contributed by atoms with Gasteiger partial charge in [0.2, 0.25) is 5.91 Å². The van der Waals surface area contributed by atoms with Crippen molar-refractivity contribution in [3.8, 4) is 0 Å². The molecule has 0 unspecified atom stereocenters. The van der Waals surface area contributed by atoms with Crippen molar-refractivity contribution in [2.24, 2.45) is 11.7 Å². The van der Waals surface area contributed by atoms with Crippen molar-refractivity contribution in [2.75, 3.05) is 13.2 Å². The van der Waals surface area contributed by atoms with Crippen LogP contribution < -0.4 is 5.73 Å². The van der Waals surface area contributed by atoms with Crippen LogP contribution in [0, 0.1) is 5.92 Å². The molecule has 0 aliphatic carbocycles. The van der Waals surface area contributed by atoms with Gasteiger partial charge in [-0.15, -0.1) is 0 Å². The van der Waals surface area contributed by atoms with E-state index in [1.54, 1.807) is 0 Å². The summed E-state index contributed by atoms with van der Waals surface area (Å²) in [5.74, 6) is 0.219. The van der Waals surface area contributed by atoms with Gasteiger partial charge in [0.05, 0.1) is 6.61 Å². The molecule has 0 bridgehead atoms. The van der Waals surface area contributed by atoms with E-state index >= 15 is 0 Å². The fourth-order valence-electron chi connectivity index (χ4n) is 0.492. The Labute approximate surface area is 61.5 Å². The highest BCUT2D eigenvalue weighted by molar-refractivity contribution is 5.73. The van der Waals surface area contributed by atoms with Gasteiger partial charge in [0.25, 0.3) is 0 Å². The maximum atomic E-state index is 10.2. The van der Waals surface area contributed by atoms with Gasteiger partial charge in [-0.05, 0) is 5.92 Å². The second-order valence-corrected chi connectivity index (χ2v) is 2.69. The van der Waals surface area contributed by atoms with Gasteiger partial charge in [-0.1, -0.05) is 13.8 Å². The number of primary amides is 1. The topological polar surface area (TPSA) is 52.3 Å². The Balaban J connectivity index is 2.98. The van der Waals surface area contributed by atoms with Crippen LogP contribution in [0.1, 0.15) is 20.3 Å². The minimum absolute atomic E-state index is 0.302. The van der Waals surface area contributed by atoms with E-state index < -0.39 is 0 Å². The third-order valence-corrected chi connectivity index (χ3v) is 0.944. The van der Waals surface area contributed by atoms with Crippen LogP contribution >= 0.6 is 0 Å². The molecule has 0 spiro atoms. The maximum absolute atomic E-state index is 10.2. The van der Waals surface area contributed by atoms with E-state index in [4.69, 9.17) is 10.5 Å². The van der Waals surface area contributed by atoms with Crippen molar-refractivity contribution >= 4 is 5.91 Å². The largest absolute Gasteiger partial charge is 0.381 e. The SMILES string of the molecule is CC(C)COCCC(N)=O. The third kappa shape index (κ3) is 7.43. The second kappa shape index (κ2) is 5.23. The van der Waals surface area contributed by atoms with Crippen molar-refractivity contribution in [2.45, 2.75) is 20.3 Å². The fourth-order valence-corrected chi connectivity index (χ4v) is 0.492. The van der Waals surface area contributed by atoms with E-state index in [0.29, 0.717) is 25.6 Å². The minimum Gasteiger partial charge on any atom is -0.381 e. The molecule has 60 valence electrons. The number of hydrogen-bond donors (Lipinski definition) is 1. The second-order valence-electron chi connectivity index (χ2n) is 2.69. The zero-order valence-corrected chi connectivity index (χ0v) is 6.59. The molecule has 3 nitrogen and oxygen atoms in total. The van der Waals surface area contributed by atoms with Gasteiger partial charge in [0.15, 0.2) is 0 Å². The first kappa shape index (κ1) is 9.43. The lowest BCUT2D eigenvalue weighted by Crippen LogP contribution is -2.14. The summed E-state index contributed by atoms with van der Waals surface area (Å²) in [5, 5.41) is 0. The molecule has 0 atom stereocenters. The van der Waals surface area contributed by atoms with Crippen LogP contribution in [0.25, 0.3) is 0 Å². The molecule has 0 fully saturated rings. The first-order valence-electron chi connectivity index (χ1n) is 3.49. The lowest BCUT2D eigenvalue weighted by atomic mass is 10.2. The number of nitrogens with two attached hydrogens (primary N) is 1. The predicted octanol–water partition coefficient (Wildman–Crippen LogP) is 0.534. The minimum atomic E-state index is -0.302. The van der Waals surface area contributed by atoms with Crippen molar-refractivity contribution in [3.05, 3.63) is 0 Å². The molecule has 3 heteroatoms. The quantitative estimate of drug-likeness (QED) is 0.574. The molecule has 0 saturated heterocycles. The molecule has 0 aliphatic rings. The van der Waals surface area contributed by atoms with E-state index in [1.165, 1.54) is 0 Å². The highest BCUT2D eigenvalue weighted by atomic mass is 16.5. The first-order chi connectivity index (χ1) is 4.63. The molecule has 0 heterocycles. The molecule has 2 N–H and O–H groups in total. The highest BCUT2D eigenvalue weighted by Gasteiger charge is 1.95. The van der Waals surface area contributed by atoms with Gasteiger partial charge in [-0.2, -0.15) is 0 Å². The molecule has 0 aromatic rings. The lowest BCUT2D eigenvalue weighted by molar-refractivity contribution is -0.119. The summed E-state index contributed by atoms with van der Waals surface area (Å²) in [6.07, 6.45) is 0.326. The molecular formula is C7H15NO2. The maximum Gasteiger partial charge on any atom is 0.219 e. The van der Waals surface area contributed by atoms with Crippen LogP contribution in [-0.2, 0) is 9.53 Å². The summed E-state index contributed by atoms with van der Waals surface area (Å²) >= 11 is 0. The molecule has 0 radical (unpaired) electrons. The molecule has 0 aliphatic heterocycles. The van der Waals surface area contributed by atoms with Gasteiger partial charge in [0.1, 0.15) is 0 Å². The van der Waals surface area contributed by atoms with Crippen LogP contribution in [0.5, 0.6) is 0 Å². The van der Waals surface area contributed by atoms with Gasteiger partial charge in [0, 0.05) is 13.0 Å². The number of rotatable bonds is 5. The van der Waals surface area contributed by atoms with E-state index in [-0.39, 0.29) is 5.91 Å². The Bertz CT molecular complexity index is 102. The van der Waals surface area contributed by atoms with Crippen molar-refractivity contribution in [1.29, 1.82) is 0 Å². The molecule has 0 aromatic carbocycles. The lowest BCUT2D eigenvalue weighted by Gasteiger charge is -2.04. The smallest absolute Gasteiger partial charge is 0.219 e. The molecular weight excluding hydrogens is 130 g/mol. The van der Waals surface area contributed by atoms with Crippen molar-refractivity contribution < 1.29 is 9.53 Å². The summed E-state index contributed by atoms with van der Waals surface area (Å²) < 4.78 is 5.11. The van der Waals surface area contributed by atoms with Crippen LogP contribution in [0.15, 0.2) is 0 Å². The Morgan fingerprint density at radius 2 is 2.20 bits per heavy atom. The number of hydrogen-bond acceptors (Lipinski definition) is 2. The number of ether oxygens (including phenoxy) is 1. The molecule has 1 amide bonds. The zero-order chi connectivity index (χ0) is 7.98. The highest BCUT2D eigenvalue weighted by Crippen LogP contribution is 1.92. The first-order valence-corrected chi connectivity index (χ1v) is 3.49. The molecule has 0 rings (SSSR count). The van der Waals surface area contributed by atoms with Crippen molar-refractivity contribution in [3.63, 3.8) is 0 Å².